The van der Waals surface area contributed by atoms with Crippen molar-refractivity contribution >= 4 is 11.0 Å². The SMILES string of the molecule is COc1cc2ccc(=O)oc2c(OC)c1OC[C@H]1O[C@@H](C=C(C)C)CC1(C)O. The fraction of sp³-hybridized carbons (Fsp3) is 0.476. The van der Waals surface area contributed by atoms with Gasteiger partial charge in [-0.3, -0.25) is 0 Å². The van der Waals surface area contributed by atoms with E-state index in [1.54, 1.807) is 19.1 Å². The maximum Gasteiger partial charge on any atom is 0.336 e. The molecule has 0 aliphatic carbocycles. The van der Waals surface area contributed by atoms with Crippen molar-refractivity contribution < 1.29 is 28.5 Å². The molecule has 0 amide bonds. The van der Waals surface area contributed by atoms with Gasteiger partial charge in [-0.2, -0.15) is 0 Å². The monoisotopic (exact) mass is 390 g/mol. The Balaban J connectivity index is 1.91. The standard InChI is InChI=1S/C21H26O7/c1-12(2)8-14-10-21(3,23)16(27-14)11-26-19-15(24-4)9-13-6-7-17(22)28-18(13)20(19)25-5/h6-9,14,16,23H,10-11H2,1-5H3/t14-,16+,21?/m0/s1. The zero-order valence-electron chi connectivity index (χ0n) is 16.8. The van der Waals surface area contributed by atoms with Gasteiger partial charge in [-0.1, -0.05) is 11.6 Å². The summed E-state index contributed by atoms with van der Waals surface area (Å²) in [5.74, 6) is 0.971. The highest BCUT2D eigenvalue weighted by Gasteiger charge is 2.43. The minimum absolute atomic E-state index is 0.0788. The van der Waals surface area contributed by atoms with E-state index in [4.69, 9.17) is 23.4 Å². The predicted octanol–water partition coefficient (Wildman–Crippen LogP) is 3.06. The van der Waals surface area contributed by atoms with E-state index in [0.717, 1.165) is 5.57 Å². The molecule has 2 aromatic rings. The second-order valence-corrected chi connectivity index (χ2v) is 7.39. The molecular weight excluding hydrogens is 364 g/mol. The van der Waals surface area contributed by atoms with Crippen molar-refractivity contribution in [2.45, 2.75) is 45.0 Å². The second kappa shape index (κ2) is 7.85. The first kappa shape index (κ1) is 20.2. The normalized spacial score (nSPS) is 24.2. The van der Waals surface area contributed by atoms with E-state index >= 15 is 0 Å². The Morgan fingerprint density at radius 1 is 1.29 bits per heavy atom. The lowest BCUT2D eigenvalue weighted by Gasteiger charge is -2.24. The molecule has 0 saturated carbocycles. The van der Waals surface area contributed by atoms with Crippen molar-refractivity contribution in [3.8, 4) is 17.2 Å². The first-order chi connectivity index (χ1) is 13.2. The summed E-state index contributed by atoms with van der Waals surface area (Å²) < 4.78 is 28.1. The highest BCUT2D eigenvalue weighted by Crippen LogP contribution is 2.43. The van der Waals surface area contributed by atoms with Crippen LogP contribution in [0.5, 0.6) is 17.2 Å². The minimum atomic E-state index is -1.04. The van der Waals surface area contributed by atoms with Crippen LogP contribution in [0, 0.1) is 0 Å². The lowest BCUT2D eigenvalue weighted by atomic mass is 9.96. The maximum absolute atomic E-state index is 11.6. The first-order valence-electron chi connectivity index (χ1n) is 9.09. The van der Waals surface area contributed by atoms with E-state index in [1.807, 2.05) is 19.9 Å². The van der Waals surface area contributed by atoms with Crippen LogP contribution in [0.1, 0.15) is 27.2 Å². The van der Waals surface area contributed by atoms with Gasteiger partial charge in [0.2, 0.25) is 11.5 Å². The summed E-state index contributed by atoms with van der Waals surface area (Å²) in [7, 11) is 2.97. The number of hydrogen-bond acceptors (Lipinski definition) is 7. The Hall–Kier alpha value is -2.51. The van der Waals surface area contributed by atoms with Crippen LogP contribution in [-0.2, 0) is 4.74 Å². The summed E-state index contributed by atoms with van der Waals surface area (Å²) in [6.07, 6.45) is 1.75. The fourth-order valence-electron chi connectivity index (χ4n) is 3.41. The molecule has 0 spiro atoms. The van der Waals surface area contributed by atoms with Gasteiger partial charge in [0.05, 0.1) is 25.9 Å². The molecule has 1 aliphatic rings. The molecule has 3 rings (SSSR count). The molecule has 1 aromatic heterocycles. The van der Waals surface area contributed by atoms with Crippen molar-refractivity contribution in [1.29, 1.82) is 0 Å². The molecule has 152 valence electrons. The number of methoxy groups -OCH3 is 2. The molecule has 1 fully saturated rings. The van der Waals surface area contributed by atoms with Crippen LogP contribution in [0.15, 0.2) is 39.1 Å². The fourth-order valence-corrected chi connectivity index (χ4v) is 3.41. The van der Waals surface area contributed by atoms with Crippen LogP contribution in [0.25, 0.3) is 11.0 Å². The highest BCUT2D eigenvalue weighted by atomic mass is 16.6. The minimum Gasteiger partial charge on any atom is -0.493 e. The number of hydrogen-bond donors (Lipinski definition) is 1. The first-order valence-corrected chi connectivity index (χ1v) is 9.09. The number of aliphatic hydroxyl groups is 1. The van der Waals surface area contributed by atoms with E-state index in [9.17, 15) is 9.90 Å². The Morgan fingerprint density at radius 2 is 2.04 bits per heavy atom. The Bertz CT molecular complexity index is 938. The van der Waals surface area contributed by atoms with Crippen LogP contribution >= 0.6 is 0 Å². The molecule has 0 bridgehead atoms. The summed E-state index contributed by atoms with van der Waals surface area (Å²) in [5, 5.41) is 11.4. The van der Waals surface area contributed by atoms with Gasteiger partial charge in [0.25, 0.3) is 0 Å². The van der Waals surface area contributed by atoms with Crippen LogP contribution in [0.2, 0.25) is 0 Å². The third kappa shape index (κ3) is 4.00. The molecule has 3 atom stereocenters. The molecule has 0 radical (unpaired) electrons. The predicted molar refractivity (Wildman–Crippen MR) is 104 cm³/mol. The number of allylic oxidation sites excluding steroid dienone is 1. The van der Waals surface area contributed by atoms with Crippen LogP contribution in [0.3, 0.4) is 0 Å². The van der Waals surface area contributed by atoms with E-state index in [1.165, 1.54) is 20.3 Å². The lowest BCUT2D eigenvalue weighted by molar-refractivity contribution is -0.0526. The third-order valence-electron chi connectivity index (χ3n) is 4.76. The molecule has 1 unspecified atom stereocenters. The summed E-state index contributed by atoms with van der Waals surface area (Å²) in [5.41, 5.74) is -0.142. The van der Waals surface area contributed by atoms with Gasteiger partial charge in [-0.15, -0.1) is 0 Å². The van der Waals surface area contributed by atoms with Crippen molar-refractivity contribution in [2.24, 2.45) is 0 Å². The van der Waals surface area contributed by atoms with Crippen molar-refractivity contribution in [3.63, 3.8) is 0 Å². The average Bonchev–Trinajstić information content (AvgIpc) is 2.90. The largest absolute Gasteiger partial charge is 0.493 e. The number of fused-ring (bicyclic) bond motifs is 1. The Morgan fingerprint density at radius 3 is 2.68 bits per heavy atom. The highest BCUT2D eigenvalue weighted by molar-refractivity contribution is 5.88. The summed E-state index contributed by atoms with van der Waals surface area (Å²) in [6, 6.07) is 4.66. The number of ether oxygens (including phenoxy) is 4. The number of rotatable bonds is 6. The van der Waals surface area contributed by atoms with Crippen LogP contribution < -0.4 is 19.8 Å². The summed E-state index contributed by atoms with van der Waals surface area (Å²) in [6.45, 7) is 5.78. The second-order valence-electron chi connectivity index (χ2n) is 7.39. The molecule has 7 heteroatoms. The van der Waals surface area contributed by atoms with Gasteiger partial charge >= 0.3 is 5.63 Å². The Kier molecular flexibility index (Phi) is 5.67. The van der Waals surface area contributed by atoms with E-state index in [2.05, 4.69) is 0 Å². The molecule has 1 saturated heterocycles. The smallest absolute Gasteiger partial charge is 0.336 e. The zero-order valence-corrected chi connectivity index (χ0v) is 16.8. The van der Waals surface area contributed by atoms with E-state index in [-0.39, 0.29) is 29.8 Å². The molecular formula is C21H26O7. The van der Waals surface area contributed by atoms with Crippen molar-refractivity contribution in [3.05, 3.63) is 40.3 Å². The molecule has 7 nitrogen and oxygen atoms in total. The average molecular weight is 390 g/mol. The summed E-state index contributed by atoms with van der Waals surface area (Å²) >= 11 is 0. The van der Waals surface area contributed by atoms with Crippen molar-refractivity contribution in [2.75, 3.05) is 20.8 Å². The van der Waals surface area contributed by atoms with Gasteiger partial charge in [0.15, 0.2) is 11.3 Å². The zero-order chi connectivity index (χ0) is 20.5. The lowest BCUT2D eigenvalue weighted by Crippen LogP contribution is -2.39. The molecule has 1 aromatic carbocycles. The topological polar surface area (TPSA) is 87.4 Å². The van der Waals surface area contributed by atoms with Gasteiger partial charge in [0, 0.05) is 17.9 Å². The quantitative estimate of drug-likeness (QED) is 0.599. The van der Waals surface area contributed by atoms with Crippen LogP contribution in [0.4, 0.5) is 0 Å². The molecule has 1 aliphatic heterocycles. The number of benzene rings is 1. The van der Waals surface area contributed by atoms with Crippen molar-refractivity contribution in [1.82, 2.24) is 0 Å². The summed E-state index contributed by atoms with van der Waals surface area (Å²) in [4.78, 5) is 11.6. The van der Waals surface area contributed by atoms with Gasteiger partial charge in [-0.25, -0.2) is 4.79 Å². The third-order valence-corrected chi connectivity index (χ3v) is 4.76. The molecule has 28 heavy (non-hydrogen) atoms. The Labute approximate surface area is 163 Å². The van der Waals surface area contributed by atoms with Gasteiger partial charge < -0.3 is 28.5 Å². The maximum atomic E-state index is 11.6. The van der Waals surface area contributed by atoms with E-state index in [0.29, 0.717) is 17.6 Å². The van der Waals surface area contributed by atoms with E-state index < -0.39 is 17.3 Å². The van der Waals surface area contributed by atoms with Gasteiger partial charge in [0.1, 0.15) is 12.7 Å². The van der Waals surface area contributed by atoms with Crippen LogP contribution in [-0.4, -0.2) is 43.7 Å². The van der Waals surface area contributed by atoms with Gasteiger partial charge in [-0.05, 0) is 32.9 Å². The molecule has 1 N–H and O–H groups in total. The molecule has 2 heterocycles.